The lowest BCUT2D eigenvalue weighted by Crippen LogP contribution is -2.40. The van der Waals surface area contributed by atoms with Crippen LogP contribution in [0.15, 0.2) is 47.6 Å². The van der Waals surface area contributed by atoms with Gasteiger partial charge in [-0.1, -0.05) is 48.5 Å². The number of thioether (sulfide) groups is 1. The van der Waals surface area contributed by atoms with E-state index in [0.29, 0.717) is 18.2 Å². The molecular formula is C24H30N4OS. The van der Waals surface area contributed by atoms with Gasteiger partial charge < -0.3 is 9.88 Å². The molecule has 30 heavy (non-hydrogen) atoms. The van der Waals surface area contributed by atoms with Crippen molar-refractivity contribution in [2.75, 3.05) is 19.6 Å². The number of benzene rings is 2. The van der Waals surface area contributed by atoms with Gasteiger partial charge in [-0.15, -0.1) is 0 Å². The first-order valence-electron chi connectivity index (χ1n) is 10.7. The zero-order chi connectivity index (χ0) is 21.1. The molecule has 1 atom stereocenters. The Balaban J connectivity index is 1.43. The Morgan fingerprint density at radius 3 is 2.80 bits per heavy atom. The second-order valence-corrected chi connectivity index (χ2v) is 9.01. The number of imidazole rings is 1. The van der Waals surface area contributed by atoms with E-state index in [4.69, 9.17) is 4.98 Å². The second-order valence-electron chi connectivity index (χ2n) is 8.07. The lowest BCUT2D eigenvalue weighted by atomic mass is 10.1. The second kappa shape index (κ2) is 9.23. The quantitative estimate of drug-likeness (QED) is 0.574. The number of carbonyl (C=O) groups is 1. The summed E-state index contributed by atoms with van der Waals surface area (Å²) in [5.74, 6) is 0.870. The first-order valence-corrected chi connectivity index (χ1v) is 11.7. The molecule has 1 aliphatic heterocycles. The summed E-state index contributed by atoms with van der Waals surface area (Å²) in [4.78, 5) is 19.9. The highest BCUT2D eigenvalue weighted by molar-refractivity contribution is 7.98. The topological polar surface area (TPSA) is 50.2 Å². The van der Waals surface area contributed by atoms with Gasteiger partial charge in [-0.2, -0.15) is 0 Å². The van der Waals surface area contributed by atoms with Gasteiger partial charge in [0.05, 0.1) is 11.0 Å². The Kier molecular flexibility index (Phi) is 6.44. The van der Waals surface area contributed by atoms with Crippen LogP contribution >= 0.6 is 11.8 Å². The van der Waals surface area contributed by atoms with Crippen LogP contribution in [0.2, 0.25) is 0 Å². The first-order chi connectivity index (χ1) is 14.5. The van der Waals surface area contributed by atoms with Crippen molar-refractivity contribution in [3.8, 4) is 0 Å². The summed E-state index contributed by atoms with van der Waals surface area (Å²) in [5.41, 5.74) is 5.17. The number of aryl methyl sites for hydroxylation is 2. The summed E-state index contributed by atoms with van der Waals surface area (Å²) in [6.45, 7) is 7.19. The Hall–Kier alpha value is -2.31. The standard InChI is InChI=1S/C24H30N4OS/c1-4-28-13-5-6-20(28)15-25-23(29)19-11-12-21-22(14-19)27(3)24(26-21)30-16-18-9-7-17(2)8-10-18/h7-12,14,20H,4-6,13,15-16H2,1-3H3,(H,25,29). The van der Waals surface area contributed by atoms with E-state index in [0.717, 1.165) is 41.5 Å². The van der Waals surface area contributed by atoms with Gasteiger partial charge in [0, 0.05) is 31.0 Å². The van der Waals surface area contributed by atoms with E-state index >= 15 is 0 Å². The molecule has 158 valence electrons. The Labute approximate surface area is 182 Å². The lowest BCUT2D eigenvalue weighted by molar-refractivity contribution is 0.0941. The molecule has 1 aromatic heterocycles. The molecule has 0 spiro atoms. The fraction of sp³-hybridized carbons (Fsp3) is 0.417. The average Bonchev–Trinajstić information content (AvgIpc) is 3.35. The molecule has 6 heteroatoms. The fourth-order valence-electron chi connectivity index (χ4n) is 4.13. The van der Waals surface area contributed by atoms with Crippen molar-refractivity contribution < 1.29 is 4.79 Å². The molecule has 1 amide bonds. The third-order valence-electron chi connectivity index (χ3n) is 5.99. The number of hydrogen-bond acceptors (Lipinski definition) is 4. The number of carbonyl (C=O) groups excluding carboxylic acids is 1. The number of amides is 1. The number of rotatable bonds is 7. The molecule has 1 saturated heterocycles. The number of likely N-dealkylation sites (tertiary alicyclic amines) is 1. The van der Waals surface area contributed by atoms with Crippen molar-refractivity contribution in [3.63, 3.8) is 0 Å². The van der Waals surface area contributed by atoms with E-state index in [1.165, 1.54) is 17.5 Å². The van der Waals surface area contributed by atoms with Gasteiger partial charge in [0.2, 0.25) is 0 Å². The predicted molar refractivity (Wildman–Crippen MR) is 124 cm³/mol. The minimum absolute atomic E-state index is 0.00471. The van der Waals surface area contributed by atoms with Crippen molar-refractivity contribution in [2.24, 2.45) is 7.05 Å². The minimum atomic E-state index is -0.00471. The third-order valence-corrected chi connectivity index (χ3v) is 7.10. The van der Waals surface area contributed by atoms with Crippen molar-refractivity contribution >= 4 is 28.7 Å². The molecule has 1 aliphatic rings. The average molecular weight is 423 g/mol. The van der Waals surface area contributed by atoms with Gasteiger partial charge in [0.1, 0.15) is 0 Å². The molecule has 2 aromatic carbocycles. The van der Waals surface area contributed by atoms with Crippen LogP contribution in [0.1, 0.15) is 41.3 Å². The molecule has 1 fully saturated rings. The van der Waals surface area contributed by atoms with Crippen LogP contribution in [0, 0.1) is 6.92 Å². The summed E-state index contributed by atoms with van der Waals surface area (Å²) in [5, 5.41) is 4.10. The van der Waals surface area contributed by atoms with Crippen LogP contribution in [0.3, 0.4) is 0 Å². The molecule has 4 rings (SSSR count). The number of fused-ring (bicyclic) bond motifs is 1. The van der Waals surface area contributed by atoms with Crippen LogP contribution in [0.4, 0.5) is 0 Å². The van der Waals surface area contributed by atoms with Crippen LogP contribution in [-0.2, 0) is 12.8 Å². The van der Waals surface area contributed by atoms with E-state index in [2.05, 4.69) is 52.9 Å². The van der Waals surface area contributed by atoms with Crippen LogP contribution in [-0.4, -0.2) is 46.0 Å². The monoisotopic (exact) mass is 422 g/mol. The van der Waals surface area contributed by atoms with Crippen molar-refractivity contribution in [2.45, 2.75) is 43.6 Å². The Morgan fingerprint density at radius 1 is 1.23 bits per heavy atom. The third kappa shape index (κ3) is 4.55. The summed E-state index contributed by atoms with van der Waals surface area (Å²) in [6, 6.07) is 14.9. The van der Waals surface area contributed by atoms with E-state index < -0.39 is 0 Å². The van der Waals surface area contributed by atoms with Gasteiger partial charge >= 0.3 is 0 Å². The maximum absolute atomic E-state index is 12.7. The van der Waals surface area contributed by atoms with Crippen molar-refractivity contribution in [3.05, 3.63) is 59.2 Å². The molecular weight excluding hydrogens is 392 g/mol. The highest BCUT2D eigenvalue weighted by Crippen LogP contribution is 2.26. The van der Waals surface area contributed by atoms with Gasteiger partial charge in [-0.05, 0) is 56.6 Å². The molecule has 0 aliphatic carbocycles. The fourth-order valence-corrected chi connectivity index (χ4v) is 5.07. The molecule has 0 bridgehead atoms. The lowest BCUT2D eigenvalue weighted by Gasteiger charge is -2.22. The molecule has 2 heterocycles. The molecule has 1 N–H and O–H groups in total. The number of likely N-dealkylation sites (N-methyl/N-ethyl adjacent to an activating group) is 1. The van der Waals surface area contributed by atoms with E-state index in [1.54, 1.807) is 11.8 Å². The zero-order valence-corrected chi connectivity index (χ0v) is 18.8. The molecule has 1 unspecified atom stereocenters. The number of hydrogen-bond donors (Lipinski definition) is 1. The van der Waals surface area contributed by atoms with Crippen molar-refractivity contribution in [1.82, 2.24) is 19.8 Å². The van der Waals surface area contributed by atoms with Crippen LogP contribution in [0.25, 0.3) is 11.0 Å². The normalized spacial score (nSPS) is 17.0. The van der Waals surface area contributed by atoms with E-state index in [9.17, 15) is 4.79 Å². The smallest absolute Gasteiger partial charge is 0.251 e. The first kappa shape index (κ1) is 20.9. The summed E-state index contributed by atoms with van der Waals surface area (Å²) in [7, 11) is 2.02. The van der Waals surface area contributed by atoms with Crippen LogP contribution < -0.4 is 5.32 Å². The van der Waals surface area contributed by atoms with Gasteiger partial charge in [-0.25, -0.2) is 4.98 Å². The van der Waals surface area contributed by atoms with Gasteiger partial charge in [0.25, 0.3) is 5.91 Å². The SMILES string of the molecule is CCN1CCCC1CNC(=O)c1ccc2nc(SCc3ccc(C)cc3)n(C)c2c1. The maximum atomic E-state index is 12.7. The van der Waals surface area contributed by atoms with Gasteiger partial charge in [-0.3, -0.25) is 9.69 Å². The zero-order valence-electron chi connectivity index (χ0n) is 18.0. The Bertz CT molecular complexity index is 1030. The van der Waals surface area contributed by atoms with Crippen LogP contribution in [0.5, 0.6) is 0 Å². The summed E-state index contributed by atoms with van der Waals surface area (Å²) in [6.07, 6.45) is 2.38. The largest absolute Gasteiger partial charge is 0.350 e. The van der Waals surface area contributed by atoms with E-state index in [1.807, 2.05) is 25.2 Å². The Morgan fingerprint density at radius 2 is 2.03 bits per heavy atom. The van der Waals surface area contributed by atoms with E-state index in [-0.39, 0.29) is 5.91 Å². The minimum Gasteiger partial charge on any atom is -0.350 e. The number of nitrogens with one attached hydrogen (secondary N) is 1. The number of aromatic nitrogens is 2. The number of nitrogens with zero attached hydrogens (tertiary/aromatic N) is 3. The molecule has 3 aromatic rings. The predicted octanol–water partition coefficient (Wildman–Crippen LogP) is 4.39. The summed E-state index contributed by atoms with van der Waals surface area (Å²) >= 11 is 1.72. The highest BCUT2D eigenvalue weighted by Gasteiger charge is 2.23. The molecule has 0 radical (unpaired) electrons. The van der Waals surface area contributed by atoms with Crippen molar-refractivity contribution in [1.29, 1.82) is 0 Å². The maximum Gasteiger partial charge on any atom is 0.251 e. The highest BCUT2D eigenvalue weighted by atomic mass is 32.2. The summed E-state index contributed by atoms with van der Waals surface area (Å²) < 4.78 is 2.08. The molecule has 5 nitrogen and oxygen atoms in total. The molecule has 0 saturated carbocycles. The van der Waals surface area contributed by atoms with Gasteiger partial charge in [0.15, 0.2) is 5.16 Å².